The SMILES string of the molecule is COc1cc(/C=N\NC(=S)Nc2ccc(Cl)cc2Cl)cc(Br)c1O. The molecule has 2 rings (SSSR count). The van der Waals surface area contributed by atoms with Crippen LogP contribution in [0.2, 0.25) is 10.0 Å². The molecule has 2 aromatic rings. The fourth-order valence-electron chi connectivity index (χ4n) is 1.73. The van der Waals surface area contributed by atoms with Crippen LogP contribution < -0.4 is 15.5 Å². The van der Waals surface area contributed by atoms with Crippen LogP contribution in [0.25, 0.3) is 0 Å². The van der Waals surface area contributed by atoms with Gasteiger partial charge in [-0.1, -0.05) is 23.2 Å². The molecule has 0 fully saturated rings. The molecule has 3 N–H and O–H groups in total. The normalized spacial score (nSPS) is 10.7. The minimum atomic E-state index is 0.0252. The highest BCUT2D eigenvalue weighted by Gasteiger charge is 2.07. The highest BCUT2D eigenvalue weighted by Crippen LogP contribution is 2.34. The average molecular weight is 449 g/mol. The first kappa shape index (κ1) is 18.8. The molecular formula is C15H12BrCl2N3O2S. The van der Waals surface area contributed by atoms with Crippen molar-refractivity contribution in [3.8, 4) is 11.5 Å². The molecule has 0 bridgehead atoms. The van der Waals surface area contributed by atoms with Gasteiger partial charge in [0.05, 0.1) is 28.5 Å². The Kier molecular flexibility index (Phi) is 6.68. The Morgan fingerprint density at radius 3 is 2.75 bits per heavy atom. The number of hydrogen-bond acceptors (Lipinski definition) is 4. The number of anilines is 1. The number of rotatable bonds is 4. The van der Waals surface area contributed by atoms with Gasteiger partial charge in [-0.05, 0) is 64.0 Å². The third-order valence-electron chi connectivity index (χ3n) is 2.83. The molecule has 0 aromatic heterocycles. The van der Waals surface area contributed by atoms with Gasteiger partial charge in [-0.25, -0.2) is 0 Å². The van der Waals surface area contributed by atoms with E-state index in [1.807, 2.05) is 0 Å². The van der Waals surface area contributed by atoms with Crippen LogP contribution in [0.1, 0.15) is 5.56 Å². The van der Waals surface area contributed by atoms with Gasteiger partial charge in [-0.2, -0.15) is 5.10 Å². The molecular weight excluding hydrogens is 437 g/mol. The minimum absolute atomic E-state index is 0.0252. The number of nitrogens with one attached hydrogen (secondary N) is 2. The molecule has 0 spiro atoms. The van der Waals surface area contributed by atoms with Crippen LogP contribution in [0.5, 0.6) is 11.5 Å². The summed E-state index contributed by atoms with van der Waals surface area (Å²) in [5.41, 5.74) is 3.99. The molecule has 0 amide bonds. The van der Waals surface area contributed by atoms with Gasteiger partial charge in [0.15, 0.2) is 16.6 Å². The average Bonchev–Trinajstić information content (AvgIpc) is 2.53. The fraction of sp³-hybridized carbons (Fsp3) is 0.0667. The van der Waals surface area contributed by atoms with Crippen LogP contribution in [-0.2, 0) is 0 Å². The maximum atomic E-state index is 9.76. The van der Waals surface area contributed by atoms with Crippen LogP contribution in [0, 0.1) is 0 Å². The first-order valence-electron chi connectivity index (χ1n) is 6.52. The van der Waals surface area contributed by atoms with E-state index >= 15 is 0 Å². The van der Waals surface area contributed by atoms with Crippen molar-refractivity contribution in [3.63, 3.8) is 0 Å². The minimum Gasteiger partial charge on any atom is -0.503 e. The lowest BCUT2D eigenvalue weighted by Crippen LogP contribution is -2.24. The summed E-state index contributed by atoms with van der Waals surface area (Å²) < 4.78 is 5.57. The molecule has 0 aliphatic heterocycles. The zero-order valence-electron chi connectivity index (χ0n) is 12.3. The number of hydrogen-bond donors (Lipinski definition) is 3. The first-order valence-corrected chi connectivity index (χ1v) is 8.48. The van der Waals surface area contributed by atoms with Gasteiger partial charge in [0.1, 0.15) is 0 Å². The van der Waals surface area contributed by atoms with Crippen LogP contribution in [0.3, 0.4) is 0 Å². The van der Waals surface area contributed by atoms with Gasteiger partial charge in [-0.15, -0.1) is 0 Å². The number of thiocarbonyl (C=S) groups is 1. The van der Waals surface area contributed by atoms with Crippen LogP contribution in [0.15, 0.2) is 39.9 Å². The highest BCUT2D eigenvalue weighted by atomic mass is 79.9. The standard InChI is InChI=1S/C15H12BrCl2N3O2S/c1-23-13-5-8(4-10(16)14(13)22)7-19-21-15(24)20-12-3-2-9(17)6-11(12)18/h2-7,22H,1H3,(H2,20,21,24)/b19-7-. The number of phenolic OH excluding ortho intramolecular Hbond substituents is 1. The number of aromatic hydroxyl groups is 1. The molecule has 0 saturated heterocycles. The summed E-state index contributed by atoms with van der Waals surface area (Å²) >= 11 is 20.3. The van der Waals surface area contributed by atoms with Crippen LogP contribution in [0.4, 0.5) is 5.69 Å². The second-order valence-corrected chi connectivity index (χ2v) is 6.61. The molecule has 0 heterocycles. The van der Waals surface area contributed by atoms with E-state index in [2.05, 4.69) is 31.8 Å². The lowest BCUT2D eigenvalue weighted by molar-refractivity contribution is 0.372. The Hall–Kier alpha value is -1.54. The predicted octanol–water partition coefficient (Wildman–Crippen LogP) is 4.79. The van der Waals surface area contributed by atoms with Crippen molar-refractivity contribution >= 4 is 68.4 Å². The molecule has 0 unspecified atom stereocenters. The smallest absolute Gasteiger partial charge is 0.191 e. The van der Waals surface area contributed by atoms with Crippen molar-refractivity contribution in [2.24, 2.45) is 5.10 Å². The second kappa shape index (κ2) is 8.53. The summed E-state index contributed by atoms with van der Waals surface area (Å²) in [6.45, 7) is 0. The van der Waals surface area contributed by atoms with Crippen molar-refractivity contribution in [3.05, 3.63) is 50.4 Å². The highest BCUT2D eigenvalue weighted by molar-refractivity contribution is 9.10. The summed E-state index contributed by atoms with van der Waals surface area (Å²) in [4.78, 5) is 0. The second-order valence-electron chi connectivity index (χ2n) is 4.50. The molecule has 0 saturated carbocycles. The first-order chi connectivity index (χ1) is 11.4. The molecule has 0 radical (unpaired) electrons. The maximum absolute atomic E-state index is 9.76. The topological polar surface area (TPSA) is 65.9 Å². The zero-order chi connectivity index (χ0) is 17.7. The summed E-state index contributed by atoms with van der Waals surface area (Å²) in [5.74, 6) is 0.358. The Labute approximate surface area is 162 Å². The van der Waals surface area contributed by atoms with E-state index in [1.54, 1.807) is 30.3 Å². The largest absolute Gasteiger partial charge is 0.503 e. The molecule has 9 heteroatoms. The monoisotopic (exact) mass is 447 g/mol. The summed E-state index contributed by atoms with van der Waals surface area (Å²) in [6.07, 6.45) is 1.53. The van der Waals surface area contributed by atoms with E-state index in [1.165, 1.54) is 13.3 Å². The van der Waals surface area contributed by atoms with Crippen molar-refractivity contribution in [2.45, 2.75) is 0 Å². The maximum Gasteiger partial charge on any atom is 0.191 e. The number of methoxy groups -OCH3 is 1. The van der Waals surface area contributed by atoms with E-state index in [-0.39, 0.29) is 10.9 Å². The molecule has 0 aliphatic carbocycles. The van der Waals surface area contributed by atoms with Gasteiger partial charge in [0, 0.05) is 5.02 Å². The van der Waals surface area contributed by atoms with Gasteiger partial charge < -0.3 is 15.2 Å². The van der Waals surface area contributed by atoms with E-state index in [0.717, 1.165) is 0 Å². The number of benzene rings is 2. The van der Waals surface area contributed by atoms with Gasteiger partial charge >= 0.3 is 0 Å². The third kappa shape index (κ3) is 4.98. The van der Waals surface area contributed by atoms with Gasteiger partial charge in [-0.3, -0.25) is 5.43 Å². The van der Waals surface area contributed by atoms with E-state index in [4.69, 9.17) is 40.2 Å². The molecule has 126 valence electrons. The number of phenols is 1. The molecule has 24 heavy (non-hydrogen) atoms. The quantitative estimate of drug-likeness (QED) is 0.356. The fourth-order valence-corrected chi connectivity index (χ4v) is 2.81. The van der Waals surface area contributed by atoms with Crippen molar-refractivity contribution in [2.75, 3.05) is 12.4 Å². The third-order valence-corrected chi connectivity index (χ3v) is 4.18. The summed E-state index contributed by atoms with van der Waals surface area (Å²) in [6, 6.07) is 8.34. The molecule has 5 nitrogen and oxygen atoms in total. The number of hydrazone groups is 1. The Morgan fingerprint density at radius 1 is 1.33 bits per heavy atom. The molecule has 2 aromatic carbocycles. The van der Waals surface area contributed by atoms with E-state index < -0.39 is 0 Å². The number of halogens is 3. The van der Waals surface area contributed by atoms with E-state index in [0.29, 0.717) is 31.5 Å². The number of ether oxygens (including phenoxy) is 1. The predicted molar refractivity (Wildman–Crippen MR) is 106 cm³/mol. The summed E-state index contributed by atoms with van der Waals surface area (Å²) in [5, 5.41) is 17.9. The number of nitrogens with zero attached hydrogens (tertiary/aromatic N) is 1. The van der Waals surface area contributed by atoms with Crippen molar-refractivity contribution < 1.29 is 9.84 Å². The van der Waals surface area contributed by atoms with Gasteiger partial charge in [0.2, 0.25) is 0 Å². The molecule has 0 atom stereocenters. The summed E-state index contributed by atoms with van der Waals surface area (Å²) in [7, 11) is 1.47. The van der Waals surface area contributed by atoms with Gasteiger partial charge in [0.25, 0.3) is 0 Å². The Morgan fingerprint density at radius 2 is 2.08 bits per heavy atom. The van der Waals surface area contributed by atoms with E-state index in [9.17, 15) is 5.11 Å². The van der Waals surface area contributed by atoms with Crippen molar-refractivity contribution in [1.29, 1.82) is 0 Å². The lowest BCUT2D eigenvalue weighted by Gasteiger charge is -2.09. The van der Waals surface area contributed by atoms with Crippen LogP contribution in [-0.4, -0.2) is 23.5 Å². The van der Waals surface area contributed by atoms with Crippen molar-refractivity contribution in [1.82, 2.24) is 5.43 Å². The van der Waals surface area contributed by atoms with Crippen LogP contribution >= 0.6 is 51.3 Å². The Bertz CT molecular complexity index is 803. The zero-order valence-corrected chi connectivity index (χ0v) is 16.2. The Balaban J connectivity index is 2.01. The lowest BCUT2D eigenvalue weighted by atomic mass is 10.2. The molecule has 0 aliphatic rings.